The number of fused-ring (bicyclic) bond motifs is 1. The molecule has 2 atom stereocenters. The summed E-state index contributed by atoms with van der Waals surface area (Å²) in [5, 5.41) is 0. The predicted molar refractivity (Wildman–Crippen MR) is 118 cm³/mol. The van der Waals surface area contributed by atoms with Crippen LogP contribution in [0, 0.1) is 5.92 Å². The summed E-state index contributed by atoms with van der Waals surface area (Å²) in [5.41, 5.74) is 5.12. The summed E-state index contributed by atoms with van der Waals surface area (Å²) in [5.74, 6) is 0.853. The van der Waals surface area contributed by atoms with Gasteiger partial charge in [-0.1, -0.05) is 65.7 Å². The molecular formula is C25H32BrN. The number of aryl methyl sites for hydroxylation is 2. The second-order valence-electron chi connectivity index (χ2n) is 8.53. The monoisotopic (exact) mass is 425 g/mol. The van der Waals surface area contributed by atoms with Crippen molar-refractivity contribution in [1.29, 1.82) is 0 Å². The van der Waals surface area contributed by atoms with Crippen molar-refractivity contribution >= 4 is 15.9 Å². The molecule has 0 radical (unpaired) electrons. The molecule has 2 aliphatic rings. The van der Waals surface area contributed by atoms with E-state index in [1.807, 2.05) is 0 Å². The Kier molecular flexibility index (Phi) is 6.04. The summed E-state index contributed by atoms with van der Waals surface area (Å²) in [4.78, 5) is 2.75. The highest BCUT2D eigenvalue weighted by molar-refractivity contribution is 9.10. The van der Waals surface area contributed by atoms with E-state index < -0.39 is 0 Å². The van der Waals surface area contributed by atoms with Gasteiger partial charge in [-0.05, 0) is 86.4 Å². The fraction of sp³-hybridized carbons (Fsp3) is 0.520. The van der Waals surface area contributed by atoms with Crippen molar-refractivity contribution in [2.24, 2.45) is 5.92 Å². The minimum atomic E-state index is 0.470. The molecule has 4 rings (SSSR count). The first-order chi connectivity index (χ1) is 13.2. The average molecular weight is 426 g/mol. The third kappa shape index (κ3) is 4.03. The van der Waals surface area contributed by atoms with Crippen LogP contribution in [0.25, 0.3) is 0 Å². The van der Waals surface area contributed by atoms with Crippen LogP contribution in [0.5, 0.6) is 0 Å². The second kappa shape index (κ2) is 8.49. The van der Waals surface area contributed by atoms with E-state index >= 15 is 0 Å². The van der Waals surface area contributed by atoms with Crippen LogP contribution in [0.2, 0.25) is 0 Å². The fourth-order valence-electron chi connectivity index (χ4n) is 5.66. The Morgan fingerprint density at radius 3 is 2.74 bits per heavy atom. The maximum atomic E-state index is 3.64. The Bertz CT molecular complexity index is 756. The molecule has 0 spiro atoms. The number of benzene rings is 2. The van der Waals surface area contributed by atoms with Crippen molar-refractivity contribution in [3.63, 3.8) is 0 Å². The van der Waals surface area contributed by atoms with Crippen molar-refractivity contribution in [2.75, 3.05) is 19.6 Å². The third-order valence-electron chi connectivity index (χ3n) is 7.13. The summed E-state index contributed by atoms with van der Waals surface area (Å²) in [6.45, 7) is 6.08. The summed E-state index contributed by atoms with van der Waals surface area (Å²) in [6.07, 6.45) is 9.17. The first-order valence-corrected chi connectivity index (χ1v) is 11.6. The minimum Gasteiger partial charge on any atom is -0.303 e. The van der Waals surface area contributed by atoms with E-state index in [2.05, 4.69) is 76.3 Å². The lowest BCUT2D eigenvalue weighted by molar-refractivity contribution is 0.110. The van der Waals surface area contributed by atoms with Gasteiger partial charge in [-0.3, -0.25) is 0 Å². The van der Waals surface area contributed by atoms with Gasteiger partial charge in [0.15, 0.2) is 0 Å². The van der Waals surface area contributed by atoms with Gasteiger partial charge in [0.25, 0.3) is 0 Å². The van der Waals surface area contributed by atoms with Crippen LogP contribution in [0.15, 0.2) is 53.0 Å². The molecule has 1 saturated heterocycles. The highest BCUT2D eigenvalue weighted by atomic mass is 79.9. The van der Waals surface area contributed by atoms with Gasteiger partial charge in [0, 0.05) is 16.4 Å². The number of hydrogen-bond acceptors (Lipinski definition) is 1. The van der Waals surface area contributed by atoms with Crippen LogP contribution in [0.1, 0.15) is 55.7 Å². The van der Waals surface area contributed by atoms with Gasteiger partial charge >= 0.3 is 0 Å². The molecule has 1 nitrogen and oxygen atoms in total. The standard InChI is InChI=1S/C25H32BrN/c1-2-20-12-13-24(26)18-21(20)8-7-16-27-17-15-25(14-6-11-23(25)19-27)22-9-4-3-5-10-22/h3-5,9-10,12-13,18,23H,2,6-8,11,14-17,19H2,1H3. The van der Waals surface area contributed by atoms with Crippen LogP contribution in [0.3, 0.4) is 0 Å². The third-order valence-corrected chi connectivity index (χ3v) is 7.62. The molecule has 2 aromatic rings. The largest absolute Gasteiger partial charge is 0.303 e. The topological polar surface area (TPSA) is 3.24 Å². The highest BCUT2D eigenvalue weighted by Gasteiger charge is 2.46. The van der Waals surface area contributed by atoms with Gasteiger partial charge in [0.05, 0.1) is 0 Å². The molecule has 1 aliphatic carbocycles. The van der Waals surface area contributed by atoms with E-state index in [0.29, 0.717) is 5.41 Å². The van der Waals surface area contributed by atoms with E-state index in [-0.39, 0.29) is 0 Å². The van der Waals surface area contributed by atoms with E-state index in [1.54, 1.807) is 5.56 Å². The number of rotatable bonds is 6. The zero-order valence-corrected chi connectivity index (χ0v) is 18.2. The molecule has 0 aromatic heterocycles. The van der Waals surface area contributed by atoms with Crippen LogP contribution in [-0.4, -0.2) is 24.5 Å². The van der Waals surface area contributed by atoms with Crippen molar-refractivity contribution in [2.45, 2.75) is 57.3 Å². The number of halogens is 1. The number of likely N-dealkylation sites (tertiary alicyclic amines) is 1. The SMILES string of the molecule is CCc1ccc(Br)cc1CCCN1CCC2(c3ccccc3)CCCC2C1. The number of hydrogen-bond donors (Lipinski definition) is 0. The van der Waals surface area contributed by atoms with E-state index in [4.69, 9.17) is 0 Å². The highest BCUT2D eigenvalue weighted by Crippen LogP contribution is 2.50. The molecule has 1 heterocycles. The predicted octanol–water partition coefficient (Wildman–Crippen LogP) is 6.39. The zero-order chi connectivity index (χ0) is 18.7. The molecule has 27 heavy (non-hydrogen) atoms. The first kappa shape index (κ1) is 19.2. The van der Waals surface area contributed by atoms with Gasteiger partial charge in [-0.25, -0.2) is 0 Å². The molecule has 2 aromatic carbocycles. The van der Waals surface area contributed by atoms with Crippen LogP contribution in [0.4, 0.5) is 0 Å². The van der Waals surface area contributed by atoms with Crippen molar-refractivity contribution < 1.29 is 0 Å². The fourth-order valence-corrected chi connectivity index (χ4v) is 6.07. The van der Waals surface area contributed by atoms with Gasteiger partial charge in [0.1, 0.15) is 0 Å². The van der Waals surface area contributed by atoms with Crippen LogP contribution in [-0.2, 0) is 18.3 Å². The van der Waals surface area contributed by atoms with Crippen molar-refractivity contribution in [3.05, 3.63) is 69.7 Å². The molecule has 2 heteroatoms. The molecule has 2 unspecified atom stereocenters. The molecule has 1 saturated carbocycles. The zero-order valence-electron chi connectivity index (χ0n) is 16.6. The molecule has 0 N–H and O–H groups in total. The lowest BCUT2D eigenvalue weighted by atomic mass is 9.68. The van der Waals surface area contributed by atoms with Gasteiger partial charge in [0.2, 0.25) is 0 Å². The molecule has 0 bridgehead atoms. The minimum absolute atomic E-state index is 0.470. The molecule has 1 aliphatic heterocycles. The lowest BCUT2D eigenvalue weighted by Crippen LogP contribution is -2.47. The maximum Gasteiger partial charge on any atom is 0.0178 e. The molecule has 144 valence electrons. The Morgan fingerprint density at radius 2 is 1.93 bits per heavy atom. The normalized spacial score (nSPS) is 25.5. The Morgan fingerprint density at radius 1 is 1.07 bits per heavy atom. The Balaban J connectivity index is 1.36. The van der Waals surface area contributed by atoms with Crippen LogP contribution < -0.4 is 0 Å². The van der Waals surface area contributed by atoms with E-state index in [1.165, 1.54) is 73.8 Å². The summed E-state index contributed by atoms with van der Waals surface area (Å²) < 4.78 is 1.21. The smallest absolute Gasteiger partial charge is 0.0178 e. The summed E-state index contributed by atoms with van der Waals surface area (Å²) >= 11 is 3.64. The Labute approximate surface area is 173 Å². The molecular weight excluding hydrogens is 394 g/mol. The van der Waals surface area contributed by atoms with Gasteiger partial charge in [-0.15, -0.1) is 0 Å². The molecule has 0 amide bonds. The number of nitrogens with zero attached hydrogens (tertiary/aromatic N) is 1. The van der Waals surface area contributed by atoms with Crippen molar-refractivity contribution in [1.82, 2.24) is 4.90 Å². The Hall–Kier alpha value is -1.12. The summed E-state index contributed by atoms with van der Waals surface area (Å²) in [7, 11) is 0. The summed E-state index contributed by atoms with van der Waals surface area (Å²) in [6, 6.07) is 18.2. The van der Waals surface area contributed by atoms with Gasteiger partial charge < -0.3 is 4.90 Å². The first-order valence-electron chi connectivity index (χ1n) is 10.8. The van der Waals surface area contributed by atoms with Crippen molar-refractivity contribution in [3.8, 4) is 0 Å². The van der Waals surface area contributed by atoms with E-state index in [9.17, 15) is 0 Å². The maximum absolute atomic E-state index is 3.64. The molecule has 2 fully saturated rings. The lowest BCUT2D eigenvalue weighted by Gasteiger charge is -2.45. The number of piperidine rings is 1. The quantitative estimate of drug-likeness (QED) is 0.518. The average Bonchev–Trinajstić information content (AvgIpc) is 3.13. The van der Waals surface area contributed by atoms with Crippen LogP contribution >= 0.6 is 15.9 Å². The van der Waals surface area contributed by atoms with Gasteiger partial charge in [-0.2, -0.15) is 0 Å². The van der Waals surface area contributed by atoms with E-state index in [0.717, 1.165) is 12.3 Å². The second-order valence-corrected chi connectivity index (χ2v) is 9.45.